The first-order valence-corrected chi connectivity index (χ1v) is 4.69. The number of allylic oxidation sites excluding steroid dienone is 2. The van der Waals surface area contributed by atoms with Gasteiger partial charge in [-0.2, -0.15) is 0 Å². The Morgan fingerprint density at radius 1 is 1.33 bits per heavy atom. The monoisotopic (exact) mass is 164 g/mol. The Labute approximate surface area is 73.8 Å². The molecule has 2 aliphatic carbocycles. The summed E-state index contributed by atoms with van der Waals surface area (Å²) in [6.45, 7) is 6.65. The summed E-state index contributed by atoms with van der Waals surface area (Å²) in [5.74, 6) is 0.602. The number of carbonyl (C=O) groups excluding carboxylic acids is 1. The lowest BCUT2D eigenvalue weighted by atomic mass is 9.73. The van der Waals surface area contributed by atoms with Crippen LogP contribution in [0.1, 0.15) is 33.6 Å². The Morgan fingerprint density at radius 3 is 2.58 bits per heavy atom. The van der Waals surface area contributed by atoms with Crippen molar-refractivity contribution in [1.29, 1.82) is 0 Å². The molecule has 2 rings (SSSR count). The van der Waals surface area contributed by atoms with Crippen molar-refractivity contribution in [3.05, 3.63) is 12.2 Å². The van der Waals surface area contributed by atoms with Crippen molar-refractivity contribution < 1.29 is 4.79 Å². The molecule has 1 fully saturated rings. The topological polar surface area (TPSA) is 17.1 Å². The molecule has 2 unspecified atom stereocenters. The molecule has 0 heterocycles. The molecule has 1 nitrogen and oxygen atoms in total. The zero-order valence-corrected chi connectivity index (χ0v) is 8.05. The van der Waals surface area contributed by atoms with Crippen LogP contribution in [0.25, 0.3) is 0 Å². The fourth-order valence-electron chi connectivity index (χ4n) is 3.03. The van der Waals surface area contributed by atoms with Crippen LogP contribution in [-0.4, -0.2) is 5.78 Å². The van der Waals surface area contributed by atoms with Gasteiger partial charge in [-0.1, -0.05) is 26.8 Å². The number of hydrogen-bond donors (Lipinski definition) is 0. The molecule has 0 amide bonds. The van der Waals surface area contributed by atoms with Crippen molar-refractivity contribution in [3.63, 3.8) is 0 Å². The molecule has 0 radical (unpaired) electrons. The van der Waals surface area contributed by atoms with Gasteiger partial charge in [0.2, 0.25) is 0 Å². The SMILES string of the molecule is CC1(C)CCC2(C)C=CC(=O)C12. The van der Waals surface area contributed by atoms with Crippen LogP contribution in [0.4, 0.5) is 0 Å². The van der Waals surface area contributed by atoms with Crippen LogP contribution in [0.15, 0.2) is 12.2 Å². The van der Waals surface area contributed by atoms with Crippen LogP contribution < -0.4 is 0 Å². The van der Waals surface area contributed by atoms with E-state index in [2.05, 4.69) is 26.8 Å². The van der Waals surface area contributed by atoms with E-state index in [4.69, 9.17) is 0 Å². The minimum Gasteiger partial charge on any atom is -0.295 e. The van der Waals surface area contributed by atoms with Gasteiger partial charge in [0.25, 0.3) is 0 Å². The highest BCUT2D eigenvalue weighted by atomic mass is 16.1. The van der Waals surface area contributed by atoms with E-state index in [1.54, 1.807) is 6.08 Å². The van der Waals surface area contributed by atoms with Gasteiger partial charge in [-0.15, -0.1) is 0 Å². The summed E-state index contributed by atoms with van der Waals surface area (Å²) in [4.78, 5) is 11.6. The molecule has 0 aromatic carbocycles. The second-order valence-electron chi connectivity index (χ2n) is 5.16. The molecule has 0 aliphatic heterocycles. The third-order valence-corrected chi connectivity index (χ3v) is 3.66. The first kappa shape index (κ1) is 8.03. The van der Waals surface area contributed by atoms with E-state index in [0.29, 0.717) is 5.78 Å². The quantitative estimate of drug-likeness (QED) is 0.537. The largest absolute Gasteiger partial charge is 0.295 e. The minimum atomic E-state index is 0.181. The fraction of sp³-hybridized carbons (Fsp3) is 0.727. The summed E-state index contributed by atoms with van der Waals surface area (Å²) >= 11 is 0. The van der Waals surface area contributed by atoms with Crippen molar-refractivity contribution in [3.8, 4) is 0 Å². The smallest absolute Gasteiger partial charge is 0.159 e. The molecule has 0 N–H and O–H groups in total. The second kappa shape index (κ2) is 2.01. The Kier molecular flexibility index (Phi) is 1.35. The number of carbonyl (C=O) groups is 1. The Balaban J connectivity index is 2.42. The van der Waals surface area contributed by atoms with Crippen LogP contribution in [0, 0.1) is 16.7 Å². The molecule has 1 saturated carbocycles. The third-order valence-electron chi connectivity index (χ3n) is 3.66. The van der Waals surface area contributed by atoms with E-state index in [1.165, 1.54) is 12.8 Å². The van der Waals surface area contributed by atoms with E-state index in [9.17, 15) is 4.79 Å². The lowest BCUT2D eigenvalue weighted by molar-refractivity contribution is -0.121. The Hall–Kier alpha value is -0.590. The zero-order valence-electron chi connectivity index (χ0n) is 8.05. The molecule has 0 aromatic rings. The van der Waals surface area contributed by atoms with Crippen LogP contribution in [0.5, 0.6) is 0 Å². The Morgan fingerprint density at radius 2 is 2.00 bits per heavy atom. The van der Waals surface area contributed by atoms with E-state index >= 15 is 0 Å². The van der Waals surface area contributed by atoms with Crippen molar-refractivity contribution in [2.24, 2.45) is 16.7 Å². The van der Waals surface area contributed by atoms with Gasteiger partial charge in [0.15, 0.2) is 5.78 Å². The average molecular weight is 164 g/mol. The van der Waals surface area contributed by atoms with Crippen LogP contribution >= 0.6 is 0 Å². The number of fused-ring (bicyclic) bond motifs is 1. The molecule has 0 bridgehead atoms. The molecular weight excluding hydrogens is 148 g/mol. The molecule has 12 heavy (non-hydrogen) atoms. The lowest BCUT2D eigenvalue weighted by Crippen LogP contribution is -2.30. The normalized spacial score (nSPS) is 43.6. The highest BCUT2D eigenvalue weighted by Gasteiger charge is 2.53. The van der Waals surface area contributed by atoms with Crippen molar-refractivity contribution in [1.82, 2.24) is 0 Å². The van der Waals surface area contributed by atoms with Gasteiger partial charge in [0.05, 0.1) is 0 Å². The third kappa shape index (κ3) is 0.825. The molecular formula is C11H16O. The Bertz CT molecular complexity index is 262. The van der Waals surface area contributed by atoms with Crippen molar-refractivity contribution in [2.45, 2.75) is 33.6 Å². The van der Waals surface area contributed by atoms with Gasteiger partial charge in [-0.3, -0.25) is 4.79 Å². The zero-order chi connectivity index (χ0) is 8.98. The van der Waals surface area contributed by atoms with Gasteiger partial charge in [0.1, 0.15) is 0 Å². The van der Waals surface area contributed by atoms with E-state index in [-0.39, 0.29) is 16.7 Å². The molecule has 1 heteroatoms. The summed E-state index contributed by atoms with van der Waals surface area (Å²) in [7, 11) is 0. The first-order chi connectivity index (χ1) is 5.46. The highest BCUT2D eigenvalue weighted by molar-refractivity contribution is 5.96. The van der Waals surface area contributed by atoms with Gasteiger partial charge in [0, 0.05) is 5.92 Å². The summed E-state index contributed by atoms with van der Waals surface area (Å²) in [5, 5.41) is 0. The van der Waals surface area contributed by atoms with Crippen LogP contribution in [0.3, 0.4) is 0 Å². The summed E-state index contributed by atoms with van der Waals surface area (Å²) in [6.07, 6.45) is 6.26. The second-order valence-corrected chi connectivity index (χ2v) is 5.16. The standard InChI is InChI=1S/C11H16O/c1-10(2)6-7-11(3)5-4-8(12)9(10)11/h4-5,9H,6-7H2,1-3H3. The predicted molar refractivity (Wildman–Crippen MR) is 48.8 cm³/mol. The van der Waals surface area contributed by atoms with Crippen molar-refractivity contribution in [2.75, 3.05) is 0 Å². The first-order valence-electron chi connectivity index (χ1n) is 4.69. The maximum atomic E-state index is 11.6. The van der Waals surface area contributed by atoms with E-state index in [0.717, 1.165) is 0 Å². The molecule has 66 valence electrons. The van der Waals surface area contributed by atoms with E-state index < -0.39 is 0 Å². The van der Waals surface area contributed by atoms with Crippen molar-refractivity contribution >= 4 is 5.78 Å². The summed E-state index contributed by atoms with van der Waals surface area (Å²) in [6, 6.07) is 0. The predicted octanol–water partition coefficient (Wildman–Crippen LogP) is 2.57. The van der Waals surface area contributed by atoms with Crippen LogP contribution in [-0.2, 0) is 4.79 Å². The molecule has 2 aliphatic rings. The maximum Gasteiger partial charge on any atom is 0.159 e. The van der Waals surface area contributed by atoms with Gasteiger partial charge < -0.3 is 0 Å². The van der Waals surface area contributed by atoms with Gasteiger partial charge in [-0.05, 0) is 29.7 Å². The summed E-state index contributed by atoms with van der Waals surface area (Å²) in [5.41, 5.74) is 0.399. The minimum absolute atomic E-state index is 0.181. The molecule has 0 spiro atoms. The molecule has 0 aromatic heterocycles. The highest BCUT2D eigenvalue weighted by Crippen LogP contribution is 2.57. The maximum absolute atomic E-state index is 11.6. The molecule has 0 saturated heterocycles. The summed E-state index contributed by atoms with van der Waals surface area (Å²) < 4.78 is 0. The average Bonchev–Trinajstić information content (AvgIpc) is 2.36. The van der Waals surface area contributed by atoms with E-state index in [1.807, 2.05) is 0 Å². The lowest BCUT2D eigenvalue weighted by Gasteiger charge is -2.29. The number of ketones is 1. The fourth-order valence-corrected chi connectivity index (χ4v) is 3.03. The number of rotatable bonds is 0. The van der Waals surface area contributed by atoms with Gasteiger partial charge in [-0.25, -0.2) is 0 Å². The van der Waals surface area contributed by atoms with Crippen LogP contribution in [0.2, 0.25) is 0 Å². The van der Waals surface area contributed by atoms with Gasteiger partial charge >= 0.3 is 0 Å². The molecule has 2 atom stereocenters. The number of hydrogen-bond acceptors (Lipinski definition) is 1.